The third kappa shape index (κ3) is 6.01. The number of β-amino-alcohol motifs (C(OH)–C–C–N with tert-alkyl or cyclic N) is 1. The van der Waals surface area contributed by atoms with E-state index in [1.54, 1.807) is 30.2 Å². The molecule has 0 unspecified atom stereocenters. The highest BCUT2D eigenvalue weighted by molar-refractivity contribution is 6.31. The molecule has 4 rings (SSSR count). The van der Waals surface area contributed by atoms with Gasteiger partial charge in [-0.05, 0) is 43.1 Å². The van der Waals surface area contributed by atoms with Crippen LogP contribution in [0.3, 0.4) is 0 Å². The Balaban J connectivity index is 1.22. The van der Waals surface area contributed by atoms with E-state index >= 15 is 0 Å². The Bertz CT molecular complexity index is 972. The van der Waals surface area contributed by atoms with Gasteiger partial charge in [0.05, 0.1) is 13.7 Å². The number of rotatable bonds is 11. The van der Waals surface area contributed by atoms with Crippen LogP contribution in [0.1, 0.15) is 24.8 Å². The largest absolute Gasteiger partial charge is 0.497 e. The second-order valence-electron chi connectivity index (χ2n) is 8.14. The molecule has 0 aromatic heterocycles. The minimum absolute atomic E-state index is 0.0687. The number of amides is 1. The fraction of sp³-hybridized carbons (Fsp3) is 0.458. The first kappa shape index (κ1) is 23.5. The highest BCUT2D eigenvalue weighted by atomic mass is 35.5. The molecule has 1 fully saturated rings. The summed E-state index contributed by atoms with van der Waals surface area (Å²) in [7, 11) is 1.59. The number of halogens is 1. The van der Waals surface area contributed by atoms with Crippen LogP contribution in [-0.2, 0) is 11.3 Å². The van der Waals surface area contributed by atoms with E-state index in [-0.39, 0.29) is 31.9 Å². The zero-order chi connectivity index (χ0) is 23.2. The Hall–Kier alpha value is -2.68. The molecule has 1 saturated heterocycles. The van der Waals surface area contributed by atoms with Crippen molar-refractivity contribution in [2.24, 2.45) is 0 Å². The third-order valence-electron chi connectivity index (χ3n) is 5.85. The lowest BCUT2D eigenvalue weighted by Crippen LogP contribution is -2.42. The van der Waals surface area contributed by atoms with E-state index in [1.807, 2.05) is 18.2 Å². The quantitative estimate of drug-likeness (QED) is 0.482. The Morgan fingerprint density at radius 1 is 1.24 bits per heavy atom. The van der Waals surface area contributed by atoms with Gasteiger partial charge in [0.1, 0.15) is 24.2 Å². The summed E-state index contributed by atoms with van der Waals surface area (Å²) in [6, 6.07) is 11.0. The second kappa shape index (κ2) is 11.0. The number of hydrogen-bond acceptors (Lipinski definition) is 7. The first-order valence-electron chi connectivity index (χ1n) is 11.1. The monoisotopic (exact) mass is 476 g/mol. The smallest absolute Gasteiger partial charge is 0.231 e. The number of aliphatic hydroxyl groups is 1. The number of nitrogens with zero attached hydrogens (tertiary/aromatic N) is 1. The maximum absolute atomic E-state index is 12.4. The van der Waals surface area contributed by atoms with Crippen molar-refractivity contribution in [2.45, 2.75) is 38.0 Å². The molecule has 8 nitrogen and oxygen atoms in total. The molecular weight excluding hydrogens is 448 g/mol. The lowest BCUT2D eigenvalue weighted by Gasteiger charge is -2.27. The van der Waals surface area contributed by atoms with Crippen molar-refractivity contribution in [2.75, 3.05) is 33.6 Å². The number of likely N-dealkylation sites (tertiary alicyclic amines) is 1. The molecule has 2 aliphatic rings. The van der Waals surface area contributed by atoms with Crippen LogP contribution in [0.15, 0.2) is 36.4 Å². The van der Waals surface area contributed by atoms with E-state index < -0.39 is 6.10 Å². The SMILES string of the molecule is COc1cccc(OC[C@H](O)CN2C(=O)CC[C@H]2CCNCc2cc3c(cc2Cl)OCO3)c1. The standard InChI is InChI=1S/C24H29ClN2O6/c1-30-19-3-2-4-20(10-19)31-14-18(28)13-27-17(5-6-24(27)29)7-8-26-12-16-9-22-23(11-21(16)25)33-15-32-22/h2-4,9-11,17-18,26,28H,5-8,12-15H2,1H3/t17-,18+/m0/s1. The first-order valence-corrected chi connectivity index (χ1v) is 11.4. The van der Waals surface area contributed by atoms with Gasteiger partial charge in [0.25, 0.3) is 0 Å². The predicted molar refractivity (Wildman–Crippen MR) is 123 cm³/mol. The number of carbonyl (C=O) groups excluding carboxylic acids is 1. The van der Waals surface area contributed by atoms with Crippen LogP contribution in [-0.4, -0.2) is 61.7 Å². The summed E-state index contributed by atoms with van der Waals surface area (Å²) >= 11 is 6.33. The van der Waals surface area contributed by atoms with Crippen LogP contribution in [0.4, 0.5) is 0 Å². The highest BCUT2D eigenvalue weighted by Gasteiger charge is 2.32. The summed E-state index contributed by atoms with van der Waals surface area (Å²) in [4.78, 5) is 14.2. The average molecular weight is 477 g/mol. The van der Waals surface area contributed by atoms with Gasteiger partial charge in [0.2, 0.25) is 12.7 Å². The lowest BCUT2D eigenvalue weighted by molar-refractivity contribution is -0.130. The fourth-order valence-corrected chi connectivity index (χ4v) is 4.31. The Morgan fingerprint density at radius 3 is 2.85 bits per heavy atom. The maximum Gasteiger partial charge on any atom is 0.231 e. The molecule has 0 spiro atoms. The summed E-state index contributed by atoms with van der Waals surface area (Å²) in [5.41, 5.74) is 0.936. The van der Waals surface area contributed by atoms with Gasteiger partial charge in [-0.3, -0.25) is 4.79 Å². The molecule has 2 N–H and O–H groups in total. The van der Waals surface area contributed by atoms with Crippen LogP contribution in [0, 0.1) is 0 Å². The van der Waals surface area contributed by atoms with Crippen molar-refractivity contribution >= 4 is 17.5 Å². The molecule has 1 amide bonds. The van der Waals surface area contributed by atoms with Gasteiger partial charge < -0.3 is 34.3 Å². The van der Waals surface area contributed by atoms with Gasteiger partial charge in [-0.15, -0.1) is 0 Å². The first-order chi connectivity index (χ1) is 16.0. The van der Waals surface area contributed by atoms with E-state index in [1.165, 1.54) is 0 Å². The highest BCUT2D eigenvalue weighted by Crippen LogP contribution is 2.36. The van der Waals surface area contributed by atoms with Crippen LogP contribution in [0.5, 0.6) is 23.0 Å². The minimum Gasteiger partial charge on any atom is -0.497 e. The summed E-state index contributed by atoms with van der Waals surface area (Å²) in [6.45, 7) is 1.87. The molecular formula is C24H29ClN2O6. The number of carbonyl (C=O) groups is 1. The van der Waals surface area contributed by atoms with Crippen LogP contribution in [0.25, 0.3) is 0 Å². The maximum atomic E-state index is 12.4. The number of hydrogen-bond donors (Lipinski definition) is 2. The van der Waals surface area contributed by atoms with Crippen molar-refractivity contribution in [1.29, 1.82) is 0 Å². The number of methoxy groups -OCH3 is 1. The number of fused-ring (bicyclic) bond motifs is 1. The molecule has 0 aliphatic carbocycles. The molecule has 2 heterocycles. The predicted octanol–water partition coefficient (Wildman–Crippen LogP) is 2.99. The molecule has 9 heteroatoms. The Labute approximate surface area is 198 Å². The minimum atomic E-state index is -0.777. The van der Waals surface area contributed by atoms with Crippen LogP contribution >= 0.6 is 11.6 Å². The Morgan fingerprint density at radius 2 is 2.03 bits per heavy atom. The Kier molecular flexibility index (Phi) is 7.80. The van der Waals surface area contributed by atoms with Crippen LogP contribution in [0.2, 0.25) is 5.02 Å². The molecule has 0 saturated carbocycles. The van der Waals surface area contributed by atoms with Crippen LogP contribution < -0.4 is 24.3 Å². The van der Waals surface area contributed by atoms with Gasteiger partial charge in [-0.2, -0.15) is 0 Å². The van der Waals surface area contributed by atoms with Crippen molar-refractivity contribution in [3.05, 3.63) is 47.0 Å². The average Bonchev–Trinajstić information content (AvgIpc) is 3.41. The third-order valence-corrected chi connectivity index (χ3v) is 6.21. The molecule has 0 bridgehead atoms. The molecule has 2 atom stereocenters. The number of ether oxygens (including phenoxy) is 4. The normalized spacial score (nSPS) is 18.0. The van der Waals surface area contributed by atoms with E-state index in [0.29, 0.717) is 41.0 Å². The van der Waals surface area contributed by atoms with Gasteiger partial charge in [0.15, 0.2) is 11.5 Å². The molecule has 0 radical (unpaired) electrons. The van der Waals surface area contributed by atoms with Gasteiger partial charge in [-0.1, -0.05) is 17.7 Å². The topological polar surface area (TPSA) is 89.5 Å². The summed E-state index contributed by atoms with van der Waals surface area (Å²) in [6.07, 6.45) is 1.30. The van der Waals surface area contributed by atoms with E-state index in [0.717, 1.165) is 24.9 Å². The second-order valence-corrected chi connectivity index (χ2v) is 8.55. The fourth-order valence-electron chi connectivity index (χ4n) is 4.09. The molecule has 178 valence electrons. The van der Waals surface area contributed by atoms with Gasteiger partial charge in [0, 0.05) is 36.2 Å². The summed E-state index contributed by atoms with van der Waals surface area (Å²) in [5.74, 6) is 2.74. The molecule has 2 aliphatic heterocycles. The van der Waals surface area contributed by atoms with Crippen molar-refractivity contribution < 1.29 is 28.8 Å². The molecule has 2 aromatic carbocycles. The summed E-state index contributed by atoms with van der Waals surface area (Å²) in [5, 5.41) is 14.5. The van der Waals surface area contributed by atoms with Crippen molar-refractivity contribution in [3.8, 4) is 23.0 Å². The van der Waals surface area contributed by atoms with Gasteiger partial charge >= 0.3 is 0 Å². The van der Waals surface area contributed by atoms with E-state index in [2.05, 4.69) is 5.32 Å². The lowest BCUT2D eigenvalue weighted by atomic mass is 10.1. The zero-order valence-corrected chi connectivity index (χ0v) is 19.3. The van der Waals surface area contributed by atoms with Crippen molar-refractivity contribution in [3.63, 3.8) is 0 Å². The number of nitrogens with one attached hydrogen (secondary N) is 1. The number of benzene rings is 2. The summed E-state index contributed by atoms with van der Waals surface area (Å²) < 4.78 is 21.6. The van der Waals surface area contributed by atoms with Crippen molar-refractivity contribution in [1.82, 2.24) is 10.2 Å². The number of aliphatic hydroxyl groups excluding tert-OH is 1. The van der Waals surface area contributed by atoms with E-state index in [9.17, 15) is 9.90 Å². The molecule has 33 heavy (non-hydrogen) atoms. The zero-order valence-electron chi connectivity index (χ0n) is 18.6. The van der Waals surface area contributed by atoms with Gasteiger partial charge in [-0.25, -0.2) is 0 Å². The van der Waals surface area contributed by atoms with E-state index in [4.69, 9.17) is 30.5 Å². The molecule has 2 aromatic rings.